The number of amides is 1. The Bertz CT molecular complexity index is 741. The molecular formula is C16H21N5O3. The minimum Gasteiger partial charge on any atom is -0.480 e. The standard InChI is InChI=1S/C16H21N5O3/c1-9-14(10(2)21(3)20-9)15-11(7-8-24-15)17-16(22)12-5-6-13(23-4)19-18-12/h5-6,11,15H,7-8H2,1-4H3,(H,17,22)/t11-,15-/m0/s1. The second-order valence-electron chi connectivity index (χ2n) is 5.83. The minimum absolute atomic E-state index is 0.122. The van der Waals surface area contributed by atoms with Crippen LogP contribution in [0.4, 0.5) is 0 Å². The summed E-state index contributed by atoms with van der Waals surface area (Å²) in [5.74, 6) is 0.0973. The molecule has 1 N–H and O–H groups in total. The molecule has 0 aromatic carbocycles. The van der Waals surface area contributed by atoms with Gasteiger partial charge >= 0.3 is 0 Å². The first kappa shape index (κ1) is 16.4. The molecule has 0 spiro atoms. The fourth-order valence-corrected chi connectivity index (χ4v) is 3.02. The normalized spacial score (nSPS) is 20.2. The predicted octanol–water partition coefficient (Wildman–Crippen LogP) is 1.10. The Labute approximate surface area is 140 Å². The lowest BCUT2D eigenvalue weighted by molar-refractivity contribution is 0.0812. The second kappa shape index (κ2) is 6.56. The summed E-state index contributed by atoms with van der Waals surface area (Å²) in [6.45, 7) is 4.56. The Morgan fingerprint density at radius 1 is 1.38 bits per heavy atom. The number of aryl methyl sites for hydroxylation is 2. The smallest absolute Gasteiger partial charge is 0.272 e. The van der Waals surface area contributed by atoms with E-state index >= 15 is 0 Å². The first-order valence-corrected chi connectivity index (χ1v) is 7.81. The van der Waals surface area contributed by atoms with Gasteiger partial charge in [0.05, 0.1) is 18.8 Å². The third kappa shape index (κ3) is 2.96. The van der Waals surface area contributed by atoms with E-state index in [1.54, 1.807) is 12.1 Å². The van der Waals surface area contributed by atoms with E-state index in [9.17, 15) is 4.79 Å². The van der Waals surface area contributed by atoms with Crippen molar-refractivity contribution in [1.29, 1.82) is 0 Å². The predicted molar refractivity (Wildman–Crippen MR) is 85.8 cm³/mol. The molecule has 8 heteroatoms. The summed E-state index contributed by atoms with van der Waals surface area (Å²) in [6.07, 6.45) is 0.544. The Morgan fingerprint density at radius 2 is 2.17 bits per heavy atom. The monoisotopic (exact) mass is 331 g/mol. The average molecular weight is 331 g/mol. The minimum atomic E-state index is -0.273. The summed E-state index contributed by atoms with van der Waals surface area (Å²) < 4.78 is 12.7. The maximum absolute atomic E-state index is 12.4. The van der Waals surface area contributed by atoms with Gasteiger partial charge in [0, 0.05) is 31.0 Å². The highest BCUT2D eigenvalue weighted by molar-refractivity contribution is 5.92. The molecule has 1 amide bonds. The number of ether oxygens (including phenoxy) is 2. The van der Waals surface area contributed by atoms with Crippen molar-refractivity contribution in [3.63, 3.8) is 0 Å². The fraction of sp³-hybridized carbons (Fsp3) is 0.500. The van der Waals surface area contributed by atoms with Gasteiger partial charge in [-0.3, -0.25) is 9.48 Å². The lowest BCUT2D eigenvalue weighted by Gasteiger charge is -2.20. The lowest BCUT2D eigenvalue weighted by atomic mass is 10.00. The SMILES string of the molecule is COc1ccc(C(=O)N[C@H]2CCO[C@@H]2c2c(C)nn(C)c2C)nn1. The number of carbonyl (C=O) groups excluding carboxylic acids is 1. The summed E-state index contributed by atoms with van der Waals surface area (Å²) in [5.41, 5.74) is 3.26. The average Bonchev–Trinajstić information content (AvgIpc) is 3.11. The van der Waals surface area contributed by atoms with E-state index in [-0.39, 0.29) is 23.7 Å². The van der Waals surface area contributed by atoms with Crippen molar-refractivity contribution in [2.75, 3.05) is 13.7 Å². The van der Waals surface area contributed by atoms with Gasteiger partial charge in [0.2, 0.25) is 5.88 Å². The highest BCUT2D eigenvalue weighted by Gasteiger charge is 2.34. The molecule has 3 heterocycles. The summed E-state index contributed by atoms with van der Waals surface area (Å²) in [7, 11) is 3.41. The quantitative estimate of drug-likeness (QED) is 0.902. The summed E-state index contributed by atoms with van der Waals surface area (Å²) >= 11 is 0. The number of hydrogen-bond acceptors (Lipinski definition) is 6. The maximum atomic E-state index is 12.4. The van der Waals surface area contributed by atoms with E-state index < -0.39 is 0 Å². The van der Waals surface area contributed by atoms with Crippen molar-refractivity contribution >= 4 is 5.91 Å². The molecule has 2 atom stereocenters. The van der Waals surface area contributed by atoms with E-state index in [4.69, 9.17) is 9.47 Å². The zero-order chi connectivity index (χ0) is 17.3. The molecule has 1 fully saturated rings. The van der Waals surface area contributed by atoms with Crippen LogP contribution < -0.4 is 10.1 Å². The molecule has 1 aliphatic rings. The zero-order valence-electron chi connectivity index (χ0n) is 14.2. The van der Waals surface area contributed by atoms with Crippen molar-refractivity contribution in [3.8, 4) is 5.88 Å². The van der Waals surface area contributed by atoms with Crippen molar-refractivity contribution in [2.24, 2.45) is 7.05 Å². The maximum Gasteiger partial charge on any atom is 0.272 e. The van der Waals surface area contributed by atoms with Crippen molar-refractivity contribution in [2.45, 2.75) is 32.4 Å². The van der Waals surface area contributed by atoms with Gasteiger partial charge in [-0.2, -0.15) is 5.10 Å². The van der Waals surface area contributed by atoms with Crippen molar-refractivity contribution in [3.05, 3.63) is 34.8 Å². The molecule has 0 saturated carbocycles. The Hall–Kier alpha value is -2.48. The zero-order valence-corrected chi connectivity index (χ0v) is 14.2. The third-order valence-electron chi connectivity index (χ3n) is 4.34. The first-order valence-electron chi connectivity index (χ1n) is 7.81. The van der Waals surface area contributed by atoms with Crippen LogP contribution in [0.25, 0.3) is 0 Å². The Balaban J connectivity index is 1.77. The van der Waals surface area contributed by atoms with Gasteiger partial charge in [0.1, 0.15) is 6.10 Å². The Morgan fingerprint density at radius 3 is 2.75 bits per heavy atom. The van der Waals surface area contributed by atoms with Gasteiger partial charge in [0.25, 0.3) is 5.91 Å². The van der Waals surface area contributed by atoms with E-state index in [1.807, 2.05) is 25.6 Å². The molecule has 3 rings (SSSR count). The van der Waals surface area contributed by atoms with Crippen LogP contribution >= 0.6 is 0 Å². The summed E-state index contributed by atoms with van der Waals surface area (Å²) in [5, 5.41) is 15.1. The van der Waals surface area contributed by atoms with Gasteiger partial charge in [-0.15, -0.1) is 10.2 Å². The van der Waals surface area contributed by atoms with Crippen LogP contribution in [-0.4, -0.2) is 45.6 Å². The van der Waals surface area contributed by atoms with E-state index in [2.05, 4.69) is 20.6 Å². The Kier molecular flexibility index (Phi) is 4.48. The molecule has 0 bridgehead atoms. The highest BCUT2D eigenvalue weighted by atomic mass is 16.5. The molecule has 0 aliphatic carbocycles. The molecule has 2 aromatic heterocycles. The number of aromatic nitrogens is 4. The van der Waals surface area contributed by atoms with Gasteiger partial charge in [0.15, 0.2) is 5.69 Å². The number of rotatable bonds is 4. The lowest BCUT2D eigenvalue weighted by Crippen LogP contribution is -2.37. The molecule has 0 radical (unpaired) electrons. The van der Waals surface area contributed by atoms with Gasteiger partial charge in [-0.1, -0.05) is 0 Å². The number of nitrogens with zero attached hydrogens (tertiary/aromatic N) is 4. The van der Waals surface area contributed by atoms with Crippen LogP contribution in [0.1, 0.15) is 40.0 Å². The van der Waals surface area contributed by atoms with Crippen LogP contribution in [0.2, 0.25) is 0 Å². The van der Waals surface area contributed by atoms with Crippen LogP contribution in [-0.2, 0) is 11.8 Å². The fourth-order valence-electron chi connectivity index (χ4n) is 3.02. The molecule has 8 nitrogen and oxygen atoms in total. The molecule has 0 unspecified atom stereocenters. The second-order valence-corrected chi connectivity index (χ2v) is 5.83. The molecule has 1 aliphatic heterocycles. The number of carbonyl (C=O) groups is 1. The van der Waals surface area contributed by atoms with Crippen LogP contribution in [0, 0.1) is 13.8 Å². The first-order chi connectivity index (χ1) is 11.5. The molecule has 24 heavy (non-hydrogen) atoms. The van der Waals surface area contributed by atoms with Gasteiger partial charge in [-0.05, 0) is 26.3 Å². The van der Waals surface area contributed by atoms with Crippen LogP contribution in [0.15, 0.2) is 12.1 Å². The molecule has 1 saturated heterocycles. The number of methoxy groups -OCH3 is 1. The van der Waals surface area contributed by atoms with Gasteiger partial charge < -0.3 is 14.8 Å². The topological polar surface area (TPSA) is 91.2 Å². The molecule has 128 valence electrons. The largest absolute Gasteiger partial charge is 0.480 e. The van der Waals surface area contributed by atoms with Crippen LogP contribution in [0.3, 0.4) is 0 Å². The summed E-state index contributed by atoms with van der Waals surface area (Å²) in [4.78, 5) is 12.4. The van der Waals surface area contributed by atoms with Crippen molar-refractivity contribution in [1.82, 2.24) is 25.3 Å². The van der Waals surface area contributed by atoms with Gasteiger partial charge in [-0.25, -0.2) is 0 Å². The highest BCUT2D eigenvalue weighted by Crippen LogP contribution is 2.33. The van der Waals surface area contributed by atoms with E-state index in [1.165, 1.54) is 7.11 Å². The summed E-state index contributed by atoms with van der Waals surface area (Å²) in [6, 6.07) is 3.08. The van der Waals surface area contributed by atoms with Crippen LogP contribution in [0.5, 0.6) is 5.88 Å². The van der Waals surface area contributed by atoms with E-state index in [0.29, 0.717) is 12.5 Å². The van der Waals surface area contributed by atoms with Crippen molar-refractivity contribution < 1.29 is 14.3 Å². The molecule has 2 aromatic rings. The number of hydrogen-bond donors (Lipinski definition) is 1. The van der Waals surface area contributed by atoms with E-state index in [0.717, 1.165) is 23.4 Å². The molecular weight excluding hydrogens is 310 g/mol. The third-order valence-corrected chi connectivity index (χ3v) is 4.34. The number of nitrogens with one attached hydrogen (secondary N) is 1.